The van der Waals surface area contributed by atoms with E-state index in [-0.39, 0.29) is 18.9 Å². The van der Waals surface area contributed by atoms with Gasteiger partial charge in [-0.2, -0.15) is 0 Å². The Hall–Kier alpha value is -2.10. The Morgan fingerprint density at radius 3 is 2.38 bits per heavy atom. The third kappa shape index (κ3) is 6.25. The second-order valence-electron chi connectivity index (χ2n) is 5.19. The Morgan fingerprint density at radius 1 is 1.24 bits per heavy atom. The molecule has 0 atom stereocenters. The summed E-state index contributed by atoms with van der Waals surface area (Å²) in [5.74, 6) is -0.587. The molecular weight excluding hydrogens is 266 g/mol. The number of carbonyl (C=O) groups excluding carboxylic acids is 2. The summed E-state index contributed by atoms with van der Waals surface area (Å²) in [7, 11) is 0. The molecule has 114 valence electrons. The van der Waals surface area contributed by atoms with E-state index in [4.69, 9.17) is 4.74 Å². The van der Waals surface area contributed by atoms with E-state index in [0.29, 0.717) is 13.1 Å². The van der Waals surface area contributed by atoms with E-state index < -0.39 is 5.97 Å². The number of hydrogen-bond acceptors (Lipinski definition) is 3. The van der Waals surface area contributed by atoms with Crippen molar-refractivity contribution in [3.63, 3.8) is 0 Å². The van der Waals surface area contributed by atoms with Crippen LogP contribution in [0.3, 0.4) is 0 Å². The molecular formula is C17H23NO3. The Kier molecular flexibility index (Phi) is 6.66. The lowest BCUT2D eigenvalue weighted by molar-refractivity contribution is -0.151. The van der Waals surface area contributed by atoms with Crippen LogP contribution in [0.4, 0.5) is 0 Å². The largest absolute Gasteiger partial charge is 0.455 e. The van der Waals surface area contributed by atoms with Crippen LogP contribution >= 0.6 is 0 Å². The van der Waals surface area contributed by atoms with Crippen molar-refractivity contribution in [2.75, 3.05) is 19.7 Å². The van der Waals surface area contributed by atoms with Crippen LogP contribution in [-0.4, -0.2) is 36.5 Å². The Bertz CT molecular complexity index is 505. The fourth-order valence-corrected chi connectivity index (χ4v) is 1.86. The average Bonchev–Trinajstić information content (AvgIpc) is 2.44. The molecule has 0 heterocycles. The van der Waals surface area contributed by atoms with Crippen molar-refractivity contribution in [3.05, 3.63) is 47.5 Å². The highest BCUT2D eigenvalue weighted by atomic mass is 16.5. The van der Waals surface area contributed by atoms with Crippen molar-refractivity contribution in [2.45, 2.75) is 27.2 Å². The smallest absolute Gasteiger partial charge is 0.310 e. The van der Waals surface area contributed by atoms with Crippen molar-refractivity contribution in [2.24, 2.45) is 0 Å². The molecule has 0 bridgehead atoms. The number of nitrogens with zero attached hydrogens (tertiary/aromatic N) is 1. The molecule has 0 aliphatic rings. The van der Waals surface area contributed by atoms with Gasteiger partial charge < -0.3 is 9.64 Å². The number of esters is 1. The minimum Gasteiger partial charge on any atom is -0.455 e. The van der Waals surface area contributed by atoms with Crippen LogP contribution in [0.1, 0.15) is 25.0 Å². The standard InChI is InChI=1S/C17H23NO3/c1-5-18(11-13(2)3)16(19)12-21-17(20)10-15-8-6-14(4)7-9-15/h6-9H,2,5,10-12H2,1,3-4H3. The van der Waals surface area contributed by atoms with Crippen LogP contribution in [0, 0.1) is 6.92 Å². The molecule has 0 fully saturated rings. The van der Waals surface area contributed by atoms with Gasteiger partial charge in [-0.15, -0.1) is 0 Å². The fourth-order valence-electron chi connectivity index (χ4n) is 1.86. The van der Waals surface area contributed by atoms with Crippen LogP contribution in [0.2, 0.25) is 0 Å². The summed E-state index contributed by atoms with van der Waals surface area (Å²) in [5.41, 5.74) is 2.92. The van der Waals surface area contributed by atoms with Gasteiger partial charge in [0.15, 0.2) is 6.61 Å². The molecule has 21 heavy (non-hydrogen) atoms. The van der Waals surface area contributed by atoms with Gasteiger partial charge in [-0.1, -0.05) is 42.0 Å². The summed E-state index contributed by atoms with van der Waals surface area (Å²) < 4.78 is 5.04. The highest BCUT2D eigenvalue weighted by Gasteiger charge is 2.14. The molecule has 0 N–H and O–H groups in total. The third-order valence-electron chi connectivity index (χ3n) is 3.02. The fraction of sp³-hybridized carbons (Fsp3) is 0.412. The van der Waals surface area contributed by atoms with Crippen molar-refractivity contribution in [1.29, 1.82) is 0 Å². The van der Waals surface area contributed by atoms with E-state index in [9.17, 15) is 9.59 Å². The average molecular weight is 289 g/mol. The van der Waals surface area contributed by atoms with Gasteiger partial charge in [0.25, 0.3) is 5.91 Å². The number of carbonyl (C=O) groups is 2. The molecule has 1 amide bonds. The highest BCUT2D eigenvalue weighted by molar-refractivity contribution is 5.81. The molecule has 0 saturated heterocycles. The van der Waals surface area contributed by atoms with Crippen LogP contribution in [0.15, 0.2) is 36.4 Å². The molecule has 0 unspecified atom stereocenters. The van der Waals surface area contributed by atoms with Crippen LogP contribution < -0.4 is 0 Å². The van der Waals surface area contributed by atoms with Crippen LogP contribution in [-0.2, 0) is 20.7 Å². The summed E-state index contributed by atoms with van der Waals surface area (Å²) in [6.45, 7) is 10.4. The first-order valence-electron chi connectivity index (χ1n) is 7.05. The maximum Gasteiger partial charge on any atom is 0.310 e. The molecule has 0 saturated carbocycles. The van der Waals surface area contributed by atoms with E-state index in [0.717, 1.165) is 16.7 Å². The number of likely N-dealkylation sites (N-methyl/N-ethyl adjacent to an activating group) is 1. The Morgan fingerprint density at radius 2 is 1.86 bits per heavy atom. The first kappa shape index (κ1) is 17.0. The van der Waals surface area contributed by atoms with Gasteiger partial charge in [0.1, 0.15) is 0 Å². The molecule has 4 heteroatoms. The topological polar surface area (TPSA) is 46.6 Å². The minimum absolute atomic E-state index is 0.181. The van der Waals surface area contributed by atoms with Gasteiger partial charge in [-0.05, 0) is 26.3 Å². The second kappa shape index (κ2) is 8.25. The third-order valence-corrected chi connectivity index (χ3v) is 3.02. The van der Waals surface area contributed by atoms with Gasteiger partial charge in [0.05, 0.1) is 6.42 Å². The molecule has 0 spiro atoms. The predicted molar refractivity (Wildman–Crippen MR) is 82.9 cm³/mol. The lowest BCUT2D eigenvalue weighted by atomic mass is 10.1. The monoisotopic (exact) mass is 289 g/mol. The zero-order valence-corrected chi connectivity index (χ0v) is 13.0. The van der Waals surface area contributed by atoms with Crippen molar-refractivity contribution < 1.29 is 14.3 Å². The van der Waals surface area contributed by atoms with E-state index >= 15 is 0 Å². The lowest BCUT2D eigenvalue weighted by Crippen LogP contribution is -2.35. The molecule has 1 rings (SSSR count). The molecule has 1 aromatic rings. The molecule has 0 aliphatic heterocycles. The van der Waals surface area contributed by atoms with Crippen molar-refractivity contribution in [1.82, 2.24) is 4.90 Å². The number of rotatable bonds is 7. The minimum atomic E-state index is -0.390. The van der Waals surface area contributed by atoms with Gasteiger partial charge in [-0.25, -0.2) is 0 Å². The summed E-state index contributed by atoms with van der Waals surface area (Å²) >= 11 is 0. The first-order valence-corrected chi connectivity index (χ1v) is 7.05. The van der Waals surface area contributed by atoms with E-state index in [1.54, 1.807) is 4.90 Å². The molecule has 0 radical (unpaired) electrons. The lowest BCUT2D eigenvalue weighted by Gasteiger charge is -2.20. The van der Waals surface area contributed by atoms with Gasteiger partial charge in [0, 0.05) is 13.1 Å². The normalized spacial score (nSPS) is 10.0. The zero-order chi connectivity index (χ0) is 15.8. The molecule has 0 aromatic heterocycles. The summed E-state index contributed by atoms with van der Waals surface area (Å²) in [5, 5.41) is 0. The Labute approximate surface area is 126 Å². The van der Waals surface area contributed by atoms with Gasteiger partial charge in [-0.3, -0.25) is 9.59 Å². The zero-order valence-electron chi connectivity index (χ0n) is 13.0. The first-order chi connectivity index (χ1) is 9.92. The van der Waals surface area contributed by atoms with Crippen LogP contribution in [0.25, 0.3) is 0 Å². The number of hydrogen-bond donors (Lipinski definition) is 0. The van der Waals surface area contributed by atoms with E-state index in [1.807, 2.05) is 45.0 Å². The van der Waals surface area contributed by atoms with Crippen molar-refractivity contribution in [3.8, 4) is 0 Å². The second-order valence-corrected chi connectivity index (χ2v) is 5.19. The Balaban J connectivity index is 2.43. The number of aryl methyl sites for hydroxylation is 1. The van der Waals surface area contributed by atoms with E-state index in [2.05, 4.69) is 6.58 Å². The van der Waals surface area contributed by atoms with Gasteiger partial charge in [0.2, 0.25) is 0 Å². The maximum atomic E-state index is 11.9. The summed E-state index contributed by atoms with van der Waals surface area (Å²) in [4.78, 5) is 25.3. The van der Waals surface area contributed by atoms with E-state index in [1.165, 1.54) is 0 Å². The quantitative estimate of drug-likeness (QED) is 0.572. The summed E-state index contributed by atoms with van der Waals surface area (Å²) in [6, 6.07) is 7.66. The highest BCUT2D eigenvalue weighted by Crippen LogP contribution is 2.05. The van der Waals surface area contributed by atoms with Crippen molar-refractivity contribution >= 4 is 11.9 Å². The SMILES string of the molecule is C=C(C)CN(CC)C(=O)COC(=O)Cc1ccc(C)cc1. The number of ether oxygens (including phenoxy) is 1. The van der Waals surface area contributed by atoms with Crippen LogP contribution in [0.5, 0.6) is 0 Å². The summed E-state index contributed by atoms with van der Waals surface area (Å²) in [6.07, 6.45) is 0.181. The number of amides is 1. The maximum absolute atomic E-state index is 11.9. The molecule has 0 aliphatic carbocycles. The predicted octanol–water partition coefficient (Wildman–Crippen LogP) is 2.51. The number of benzene rings is 1. The molecule has 4 nitrogen and oxygen atoms in total. The van der Waals surface area contributed by atoms with Gasteiger partial charge >= 0.3 is 5.97 Å². The molecule has 1 aromatic carbocycles.